The van der Waals surface area contributed by atoms with E-state index < -0.39 is 0 Å². The lowest BCUT2D eigenvalue weighted by Crippen LogP contribution is -2.42. The molecule has 1 aromatic carbocycles. The van der Waals surface area contributed by atoms with E-state index in [0.29, 0.717) is 37.6 Å². The Labute approximate surface area is 138 Å². The summed E-state index contributed by atoms with van der Waals surface area (Å²) < 4.78 is 12.6. The van der Waals surface area contributed by atoms with E-state index in [0.717, 1.165) is 16.4 Å². The number of ether oxygens (including phenoxy) is 2. The Morgan fingerprint density at radius 3 is 2.71 bits per heavy atom. The molecule has 4 rings (SSSR count). The molecule has 3 aromatic rings. The van der Waals surface area contributed by atoms with Crippen LogP contribution in [-0.4, -0.2) is 41.7 Å². The fraction of sp³-hybridized carbons (Fsp3) is 0.222. The number of hydrogen-bond donors (Lipinski definition) is 0. The average molecular weight is 321 g/mol. The van der Waals surface area contributed by atoms with Gasteiger partial charge in [0.25, 0.3) is 0 Å². The van der Waals surface area contributed by atoms with E-state index in [4.69, 9.17) is 9.47 Å². The molecule has 6 nitrogen and oxygen atoms in total. The van der Waals surface area contributed by atoms with Crippen LogP contribution in [0.5, 0.6) is 5.75 Å². The van der Waals surface area contributed by atoms with Crippen molar-refractivity contribution in [3.05, 3.63) is 48.2 Å². The fourth-order valence-electron chi connectivity index (χ4n) is 3.01. The summed E-state index contributed by atoms with van der Waals surface area (Å²) in [5.74, 6) is 0.448. The molecular weight excluding hydrogens is 306 g/mol. The quantitative estimate of drug-likeness (QED) is 0.691. The maximum absolute atomic E-state index is 12.2. The van der Waals surface area contributed by atoms with Gasteiger partial charge < -0.3 is 18.8 Å². The van der Waals surface area contributed by atoms with Gasteiger partial charge in [0.05, 0.1) is 36.0 Å². The molecule has 6 heteroatoms. The van der Waals surface area contributed by atoms with Gasteiger partial charge in [-0.15, -0.1) is 0 Å². The summed E-state index contributed by atoms with van der Waals surface area (Å²) in [5.41, 5.74) is 2.33. The van der Waals surface area contributed by atoms with Crippen LogP contribution in [0.4, 0.5) is 4.79 Å². The Kier molecular flexibility index (Phi) is 3.56. The average Bonchev–Trinajstić information content (AvgIpc) is 2.95. The normalized spacial score (nSPS) is 14.7. The van der Waals surface area contributed by atoms with Crippen molar-refractivity contribution in [1.29, 1.82) is 5.26 Å². The number of pyridine rings is 1. The van der Waals surface area contributed by atoms with E-state index in [1.165, 1.54) is 0 Å². The molecule has 0 atom stereocenters. The number of amides is 1. The fourth-order valence-corrected chi connectivity index (χ4v) is 3.01. The summed E-state index contributed by atoms with van der Waals surface area (Å²) in [4.78, 5) is 13.8. The second-order valence-corrected chi connectivity index (χ2v) is 5.59. The number of para-hydroxylation sites is 1. The summed E-state index contributed by atoms with van der Waals surface area (Å²) in [6.45, 7) is 2.13. The molecule has 1 amide bonds. The third kappa shape index (κ3) is 2.36. The van der Waals surface area contributed by atoms with Crippen LogP contribution in [0.3, 0.4) is 0 Å². The number of rotatable bonds is 1. The van der Waals surface area contributed by atoms with Gasteiger partial charge in [-0.1, -0.05) is 18.2 Å². The van der Waals surface area contributed by atoms with Gasteiger partial charge in [-0.25, -0.2) is 4.79 Å². The summed E-state index contributed by atoms with van der Waals surface area (Å²) in [7, 11) is 0. The van der Waals surface area contributed by atoms with Gasteiger partial charge in [-0.05, 0) is 18.2 Å². The number of aromatic nitrogens is 1. The number of hydrogen-bond acceptors (Lipinski definition) is 4. The zero-order valence-corrected chi connectivity index (χ0v) is 12.9. The topological polar surface area (TPSA) is 67.0 Å². The molecule has 0 aliphatic carbocycles. The summed E-state index contributed by atoms with van der Waals surface area (Å²) >= 11 is 0. The van der Waals surface area contributed by atoms with E-state index in [-0.39, 0.29) is 6.09 Å². The maximum Gasteiger partial charge on any atom is 0.415 e. The number of nitriles is 1. The van der Waals surface area contributed by atoms with Gasteiger partial charge in [0.15, 0.2) is 0 Å². The Bertz CT molecular complexity index is 965. The van der Waals surface area contributed by atoms with Crippen molar-refractivity contribution in [2.45, 2.75) is 0 Å². The van der Waals surface area contributed by atoms with Crippen molar-refractivity contribution in [1.82, 2.24) is 9.30 Å². The first-order valence-corrected chi connectivity index (χ1v) is 7.75. The SMILES string of the molecule is N#Cc1c2ccccc2n2cc(OC(=O)N3CCOCC3)ccc12. The van der Waals surface area contributed by atoms with Gasteiger partial charge in [0.1, 0.15) is 11.8 Å². The molecule has 0 unspecified atom stereocenters. The van der Waals surface area contributed by atoms with Crippen molar-refractivity contribution in [2.24, 2.45) is 0 Å². The second-order valence-electron chi connectivity index (χ2n) is 5.59. The standard InChI is InChI=1S/C18H15N3O3/c19-11-15-14-3-1-2-4-16(14)21-12-13(5-6-17(15)21)24-18(22)20-7-9-23-10-8-20/h1-6,12H,7-10H2. The van der Waals surface area contributed by atoms with Gasteiger partial charge in [-0.2, -0.15) is 5.26 Å². The Hall–Kier alpha value is -3.04. The van der Waals surface area contributed by atoms with Gasteiger partial charge >= 0.3 is 6.09 Å². The second kappa shape index (κ2) is 5.87. The molecule has 3 heterocycles. The Morgan fingerprint density at radius 2 is 1.92 bits per heavy atom. The van der Waals surface area contributed by atoms with Gasteiger partial charge in [0.2, 0.25) is 0 Å². The van der Waals surface area contributed by atoms with E-state index in [2.05, 4.69) is 6.07 Å². The molecule has 0 radical (unpaired) electrons. The molecule has 1 aliphatic rings. The van der Waals surface area contributed by atoms with E-state index in [1.54, 1.807) is 23.2 Å². The number of benzene rings is 1. The van der Waals surface area contributed by atoms with Crippen molar-refractivity contribution in [2.75, 3.05) is 26.3 Å². The van der Waals surface area contributed by atoms with Gasteiger partial charge in [0, 0.05) is 18.5 Å². The first kappa shape index (κ1) is 14.5. The van der Waals surface area contributed by atoms with Crippen LogP contribution in [0, 0.1) is 11.3 Å². The minimum Gasteiger partial charge on any atom is -0.409 e. The number of carbonyl (C=O) groups excluding carboxylic acids is 1. The van der Waals surface area contributed by atoms with E-state index >= 15 is 0 Å². The highest BCUT2D eigenvalue weighted by atomic mass is 16.6. The zero-order chi connectivity index (χ0) is 16.5. The van der Waals surface area contributed by atoms with Crippen LogP contribution < -0.4 is 4.74 Å². The van der Waals surface area contributed by atoms with Crippen LogP contribution in [0.2, 0.25) is 0 Å². The van der Waals surface area contributed by atoms with Crippen molar-refractivity contribution < 1.29 is 14.3 Å². The number of fused-ring (bicyclic) bond motifs is 3. The van der Waals surface area contributed by atoms with Crippen LogP contribution in [0.25, 0.3) is 16.4 Å². The van der Waals surface area contributed by atoms with E-state index in [9.17, 15) is 10.1 Å². The van der Waals surface area contributed by atoms with Crippen LogP contribution in [-0.2, 0) is 4.74 Å². The first-order chi connectivity index (χ1) is 11.8. The number of morpholine rings is 1. The molecule has 0 saturated carbocycles. The van der Waals surface area contributed by atoms with Crippen LogP contribution in [0.15, 0.2) is 42.6 Å². The number of nitrogens with zero attached hydrogens (tertiary/aromatic N) is 3. The maximum atomic E-state index is 12.2. The third-order valence-corrected chi connectivity index (χ3v) is 4.20. The lowest BCUT2D eigenvalue weighted by molar-refractivity contribution is 0.0415. The molecule has 2 aromatic heterocycles. The third-order valence-electron chi connectivity index (χ3n) is 4.20. The summed E-state index contributed by atoms with van der Waals surface area (Å²) in [6.07, 6.45) is 1.37. The van der Waals surface area contributed by atoms with Crippen molar-refractivity contribution in [3.8, 4) is 11.8 Å². The zero-order valence-electron chi connectivity index (χ0n) is 12.9. The Morgan fingerprint density at radius 1 is 1.12 bits per heavy atom. The molecule has 120 valence electrons. The number of carbonyl (C=O) groups is 1. The molecule has 1 fully saturated rings. The molecule has 1 aliphatic heterocycles. The highest BCUT2D eigenvalue weighted by Crippen LogP contribution is 2.28. The predicted octanol–water partition coefficient (Wildman–Crippen LogP) is 2.80. The highest BCUT2D eigenvalue weighted by molar-refractivity contribution is 5.95. The molecule has 0 N–H and O–H groups in total. The summed E-state index contributed by atoms with van der Waals surface area (Å²) in [6, 6.07) is 13.5. The lowest BCUT2D eigenvalue weighted by atomic mass is 10.2. The first-order valence-electron chi connectivity index (χ1n) is 7.75. The largest absolute Gasteiger partial charge is 0.415 e. The van der Waals surface area contributed by atoms with Crippen molar-refractivity contribution in [3.63, 3.8) is 0 Å². The molecule has 24 heavy (non-hydrogen) atoms. The van der Waals surface area contributed by atoms with Crippen LogP contribution in [0.1, 0.15) is 5.56 Å². The smallest absolute Gasteiger partial charge is 0.409 e. The minimum atomic E-state index is -0.380. The van der Waals surface area contributed by atoms with Crippen molar-refractivity contribution >= 4 is 22.5 Å². The van der Waals surface area contributed by atoms with Gasteiger partial charge in [-0.3, -0.25) is 0 Å². The summed E-state index contributed by atoms with van der Waals surface area (Å²) in [5, 5.41) is 10.3. The molecule has 0 bridgehead atoms. The Balaban J connectivity index is 1.72. The monoisotopic (exact) mass is 321 g/mol. The van der Waals surface area contributed by atoms with E-state index in [1.807, 2.05) is 28.7 Å². The lowest BCUT2D eigenvalue weighted by Gasteiger charge is -2.25. The minimum absolute atomic E-state index is 0.380. The highest BCUT2D eigenvalue weighted by Gasteiger charge is 2.19. The molecule has 1 saturated heterocycles. The predicted molar refractivity (Wildman–Crippen MR) is 88.0 cm³/mol. The molecular formula is C18H15N3O3. The van der Waals surface area contributed by atoms with Crippen LogP contribution >= 0.6 is 0 Å². The molecule has 0 spiro atoms.